The second-order valence-electron chi connectivity index (χ2n) is 9.55. The van der Waals surface area contributed by atoms with Crippen molar-refractivity contribution in [2.24, 2.45) is 17.3 Å². The lowest BCUT2D eigenvalue weighted by molar-refractivity contribution is -0.152. The standard InChI is InChI=1S/C25H30O4/c1-7-9-16-10-8-11-18-17(16)12-14-20(18)28-23(27)22-19(25(22,5)6)13-15-21(26)29-24(2,3)4/h1,8,10-11,13,15,19-20,22H,9,12,14H2,2-6H3/t19-,20?,22-/m0/s1. The summed E-state index contributed by atoms with van der Waals surface area (Å²) in [5, 5.41) is 0. The highest BCUT2D eigenvalue weighted by molar-refractivity contribution is 5.83. The summed E-state index contributed by atoms with van der Waals surface area (Å²) in [6, 6.07) is 6.05. The van der Waals surface area contributed by atoms with Crippen molar-refractivity contribution in [2.75, 3.05) is 0 Å². The summed E-state index contributed by atoms with van der Waals surface area (Å²) in [5.74, 6) is 1.83. The van der Waals surface area contributed by atoms with Crippen LogP contribution < -0.4 is 0 Å². The predicted molar refractivity (Wildman–Crippen MR) is 112 cm³/mol. The van der Waals surface area contributed by atoms with Gasteiger partial charge in [0.05, 0.1) is 5.92 Å². The Morgan fingerprint density at radius 1 is 1.31 bits per heavy atom. The van der Waals surface area contributed by atoms with E-state index >= 15 is 0 Å². The van der Waals surface area contributed by atoms with Crippen molar-refractivity contribution < 1.29 is 19.1 Å². The molecule has 154 valence electrons. The van der Waals surface area contributed by atoms with Crippen molar-refractivity contribution in [3.05, 3.63) is 47.0 Å². The highest BCUT2D eigenvalue weighted by Gasteiger charge is 2.61. The van der Waals surface area contributed by atoms with Gasteiger partial charge < -0.3 is 9.47 Å². The third-order valence-electron chi connectivity index (χ3n) is 5.87. The van der Waals surface area contributed by atoms with Gasteiger partial charge >= 0.3 is 11.9 Å². The summed E-state index contributed by atoms with van der Waals surface area (Å²) >= 11 is 0. The zero-order chi connectivity index (χ0) is 21.4. The molecule has 3 atom stereocenters. The Kier molecular flexibility index (Phi) is 5.63. The molecule has 1 aromatic rings. The largest absolute Gasteiger partial charge is 0.457 e. The number of hydrogen-bond donors (Lipinski definition) is 0. The number of hydrogen-bond acceptors (Lipinski definition) is 4. The Balaban J connectivity index is 1.65. The van der Waals surface area contributed by atoms with E-state index in [1.165, 1.54) is 11.6 Å². The van der Waals surface area contributed by atoms with Gasteiger partial charge in [-0.25, -0.2) is 4.79 Å². The van der Waals surface area contributed by atoms with E-state index in [0.29, 0.717) is 6.42 Å². The van der Waals surface area contributed by atoms with Crippen LogP contribution in [0.3, 0.4) is 0 Å². The molecule has 0 amide bonds. The van der Waals surface area contributed by atoms with Gasteiger partial charge in [-0.05, 0) is 61.6 Å². The zero-order valence-electron chi connectivity index (χ0n) is 18.0. The maximum atomic E-state index is 12.9. The minimum absolute atomic E-state index is 0.0313. The van der Waals surface area contributed by atoms with Gasteiger partial charge in [0.15, 0.2) is 0 Å². The summed E-state index contributed by atoms with van der Waals surface area (Å²) in [6.45, 7) is 9.53. The van der Waals surface area contributed by atoms with E-state index < -0.39 is 11.6 Å². The first-order chi connectivity index (χ1) is 13.5. The fraction of sp³-hybridized carbons (Fsp3) is 0.520. The molecular weight excluding hydrogens is 364 g/mol. The minimum atomic E-state index is -0.535. The molecule has 0 heterocycles. The van der Waals surface area contributed by atoms with Crippen molar-refractivity contribution in [3.63, 3.8) is 0 Å². The lowest BCUT2D eigenvalue weighted by atomic mass is 10.0. The quantitative estimate of drug-likeness (QED) is 0.417. The molecule has 4 heteroatoms. The Bertz CT molecular complexity index is 879. The molecule has 0 radical (unpaired) electrons. The fourth-order valence-corrected chi connectivity index (χ4v) is 4.31. The predicted octanol–water partition coefficient (Wildman–Crippen LogP) is 4.56. The molecule has 2 aliphatic rings. The molecule has 2 aliphatic carbocycles. The normalized spacial score (nSPS) is 24.6. The first-order valence-electron chi connectivity index (χ1n) is 10.2. The number of allylic oxidation sites excluding steroid dienone is 1. The average molecular weight is 395 g/mol. The lowest BCUT2D eigenvalue weighted by Gasteiger charge is -2.17. The average Bonchev–Trinajstić information content (AvgIpc) is 2.93. The molecule has 4 nitrogen and oxygen atoms in total. The second-order valence-corrected chi connectivity index (χ2v) is 9.55. The number of rotatable bonds is 5. The van der Waals surface area contributed by atoms with E-state index in [0.717, 1.165) is 24.0 Å². The van der Waals surface area contributed by atoms with Crippen molar-refractivity contribution in [3.8, 4) is 12.3 Å². The summed E-state index contributed by atoms with van der Waals surface area (Å²) < 4.78 is 11.2. The van der Waals surface area contributed by atoms with Crippen LogP contribution in [-0.2, 0) is 31.9 Å². The van der Waals surface area contributed by atoms with Crippen molar-refractivity contribution in [1.82, 2.24) is 0 Å². The smallest absolute Gasteiger partial charge is 0.330 e. The Hall–Kier alpha value is -2.54. The van der Waals surface area contributed by atoms with Gasteiger partial charge in [-0.15, -0.1) is 12.3 Å². The maximum Gasteiger partial charge on any atom is 0.330 e. The Morgan fingerprint density at radius 3 is 2.69 bits per heavy atom. The SMILES string of the molecule is C#CCc1cccc2c1CCC2OC(=O)[C@@H]1[C@H](C=CC(=O)OC(C)(C)C)C1(C)C. The van der Waals surface area contributed by atoms with Gasteiger partial charge in [-0.2, -0.15) is 0 Å². The molecule has 1 aromatic carbocycles. The lowest BCUT2D eigenvalue weighted by Crippen LogP contribution is -2.22. The molecule has 0 aliphatic heterocycles. The van der Waals surface area contributed by atoms with Gasteiger partial charge in [0, 0.05) is 12.5 Å². The molecule has 0 N–H and O–H groups in total. The highest BCUT2D eigenvalue weighted by atomic mass is 16.6. The van der Waals surface area contributed by atoms with Crippen LogP contribution in [0.15, 0.2) is 30.4 Å². The number of esters is 2. The topological polar surface area (TPSA) is 52.6 Å². The maximum absolute atomic E-state index is 12.9. The number of fused-ring (bicyclic) bond motifs is 1. The number of carbonyl (C=O) groups is 2. The number of benzene rings is 1. The van der Waals surface area contributed by atoms with Gasteiger partial charge in [0.1, 0.15) is 11.7 Å². The van der Waals surface area contributed by atoms with Crippen LogP contribution in [0.4, 0.5) is 0 Å². The second kappa shape index (κ2) is 7.71. The Morgan fingerprint density at radius 2 is 2.03 bits per heavy atom. The summed E-state index contributed by atoms with van der Waals surface area (Å²) in [4.78, 5) is 24.8. The molecule has 0 aromatic heterocycles. The van der Waals surface area contributed by atoms with E-state index in [-0.39, 0.29) is 29.3 Å². The number of ether oxygens (including phenoxy) is 2. The number of carbonyl (C=O) groups excluding carboxylic acids is 2. The first-order valence-corrected chi connectivity index (χ1v) is 10.2. The number of terminal acetylenes is 1. The fourth-order valence-electron chi connectivity index (χ4n) is 4.31. The van der Waals surface area contributed by atoms with Crippen molar-refractivity contribution in [1.29, 1.82) is 0 Å². The van der Waals surface area contributed by atoms with E-state index in [9.17, 15) is 9.59 Å². The van der Waals surface area contributed by atoms with E-state index in [2.05, 4.69) is 5.92 Å². The van der Waals surface area contributed by atoms with Crippen LogP contribution in [0.2, 0.25) is 0 Å². The molecule has 1 saturated carbocycles. The van der Waals surface area contributed by atoms with Crippen molar-refractivity contribution in [2.45, 2.75) is 65.6 Å². The van der Waals surface area contributed by atoms with Crippen LogP contribution in [0, 0.1) is 29.6 Å². The molecule has 0 bridgehead atoms. The summed E-state index contributed by atoms with van der Waals surface area (Å²) in [5.41, 5.74) is 2.67. The first kappa shape index (κ1) is 21.2. The van der Waals surface area contributed by atoms with Crippen molar-refractivity contribution >= 4 is 11.9 Å². The minimum Gasteiger partial charge on any atom is -0.457 e. The van der Waals surface area contributed by atoms with Gasteiger partial charge in [-0.3, -0.25) is 4.79 Å². The molecule has 0 saturated heterocycles. The molecule has 0 spiro atoms. The molecule has 3 rings (SSSR count). The monoisotopic (exact) mass is 394 g/mol. The van der Waals surface area contributed by atoms with Crippen LogP contribution >= 0.6 is 0 Å². The van der Waals surface area contributed by atoms with Crippen LogP contribution in [0.25, 0.3) is 0 Å². The van der Waals surface area contributed by atoms with Crippen LogP contribution in [0.5, 0.6) is 0 Å². The third kappa shape index (κ3) is 4.56. The zero-order valence-corrected chi connectivity index (χ0v) is 18.0. The van der Waals surface area contributed by atoms with E-state index in [4.69, 9.17) is 15.9 Å². The summed E-state index contributed by atoms with van der Waals surface area (Å²) in [7, 11) is 0. The third-order valence-corrected chi connectivity index (χ3v) is 5.87. The van der Waals surface area contributed by atoms with Crippen LogP contribution in [-0.4, -0.2) is 17.5 Å². The van der Waals surface area contributed by atoms with E-state index in [1.807, 2.05) is 52.8 Å². The summed E-state index contributed by atoms with van der Waals surface area (Å²) in [6.07, 6.45) is 10.7. The highest BCUT2D eigenvalue weighted by Crippen LogP contribution is 2.60. The molecular formula is C25H30O4. The van der Waals surface area contributed by atoms with Gasteiger partial charge in [-0.1, -0.05) is 38.1 Å². The molecule has 1 fully saturated rings. The Labute approximate surface area is 173 Å². The van der Waals surface area contributed by atoms with Gasteiger partial charge in [0.2, 0.25) is 0 Å². The van der Waals surface area contributed by atoms with Crippen LogP contribution in [0.1, 0.15) is 63.8 Å². The van der Waals surface area contributed by atoms with Gasteiger partial charge in [0.25, 0.3) is 0 Å². The van der Waals surface area contributed by atoms with E-state index in [1.54, 1.807) is 6.08 Å². The molecule has 29 heavy (non-hydrogen) atoms. The molecule has 1 unspecified atom stereocenters.